The van der Waals surface area contributed by atoms with Crippen molar-refractivity contribution >= 4 is 34.3 Å². The molecule has 184 valence electrons. The van der Waals surface area contributed by atoms with Gasteiger partial charge in [-0.2, -0.15) is 10.2 Å². The van der Waals surface area contributed by atoms with E-state index in [-0.39, 0.29) is 11.8 Å². The molecule has 36 heavy (non-hydrogen) atoms. The van der Waals surface area contributed by atoms with E-state index in [4.69, 9.17) is 9.84 Å². The fraction of sp³-hybridized carbons (Fsp3) is 0.296. The van der Waals surface area contributed by atoms with Crippen LogP contribution in [0.1, 0.15) is 34.6 Å². The van der Waals surface area contributed by atoms with Gasteiger partial charge in [-0.3, -0.25) is 4.79 Å². The lowest BCUT2D eigenvalue weighted by Crippen LogP contribution is -2.41. The van der Waals surface area contributed by atoms with E-state index in [1.54, 1.807) is 24.3 Å². The first kappa shape index (κ1) is 23.5. The molecule has 1 aliphatic rings. The number of nitrogens with one attached hydrogen (secondary N) is 1. The average Bonchev–Trinajstić information content (AvgIpc) is 3.27. The van der Waals surface area contributed by atoms with Gasteiger partial charge >= 0.3 is 5.97 Å². The van der Waals surface area contributed by atoms with Crippen LogP contribution in [-0.2, 0) is 9.53 Å². The SMILES string of the molecule is COC(=O)c1ccccc1NC(=O)[C@H]1CCCN(c2nnc(C)c3c(C)n(-c4ccccc4)nc23)C1. The number of hydrogen-bond donors (Lipinski definition) is 1. The van der Waals surface area contributed by atoms with Gasteiger partial charge < -0.3 is 15.0 Å². The molecule has 2 aromatic carbocycles. The van der Waals surface area contributed by atoms with Crippen molar-refractivity contribution in [1.29, 1.82) is 0 Å². The third-order valence-corrected chi connectivity index (χ3v) is 6.67. The Hall–Kier alpha value is -4.27. The fourth-order valence-electron chi connectivity index (χ4n) is 4.84. The number of piperidine rings is 1. The number of benzene rings is 2. The molecule has 1 atom stereocenters. The van der Waals surface area contributed by atoms with Gasteiger partial charge in [0.25, 0.3) is 0 Å². The van der Waals surface area contributed by atoms with Crippen LogP contribution in [0.15, 0.2) is 54.6 Å². The minimum Gasteiger partial charge on any atom is -0.465 e. The van der Waals surface area contributed by atoms with Crippen molar-refractivity contribution in [1.82, 2.24) is 20.0 Å². The normalized spacial score (nSPS) is 15.6. The summed E-state index contributed by atoms with van der Waals surface area (Å²) in [4.78, 5) is 27.4. The van der Waals surface area contributed by atoms with Crippen LogP contribution in [0.2, 0.25) is 0 Å². The van der Waals surface area contributed by atoms with Crippen LogP contribution >= 0.6 is 0 Å². The van der Waals surface area contributed by atoms with Gasteiger partial charge in [0.15, 0.2) is 5.82 Å². The van der Waals surface area contributed by atoms with Crippen molar-refractivity contribution < 1.29 is 14.3 Å². The van der Waals surface area contributed by atoms with E-state index in [1.165, 1.54) is 7.11 Å². The van der Waals surface area contributed by atoms with Gasteiger partial charge in [0.05, 0.1) is 46.7 Å². The van der Waals surface area contributed by atoms with Crippen LogP contribution in [0.25, 0.3) is 16.6 Å². The molecule has 2 aromatic heterocycles. The molecular weight excluding hydrogens is 456 g/mol. The number of para-hydroxylation sites is 2. The number of aromatic nitrogens is 4. The van der Waals surface area contributed by atoms with Crippen molar-refractivity contribution in [2.24, 2.45) is 5.92 Å². The molecule has 3 heterocycles. The highest BCUT2D eigenvalue weighted by atomic mass is 16.5. The number of carbonyl (C=O) groups is 2. The molecule has 1 amide bonds. The number of esters is 1. The van der Waals surface area contributed by atoms with Crippen LogP contribution in [0.5, 0.6) is 0 Å². The third kappa shape index (κ3) is 4.28. The van der Waals surface area contributed by atoms with Gasteiger partial charge in [-0.05, 0) is 51.0 Å². The van der Waals surface area contributed by atoms with Crippen LogP contribution in [0, 0.1) is 19.8 Å². The quantitative estimate of drug-likeness (QED) is 0.426. The molecule has 0 aliphatic carbocycles. The molecular formula is C27H28N6O3. The number of amides is 1. The maximum atomic E-state index is 13.2. The van der Waals surface area contributed by atoms with Crippen molar-refractivity contribution in [2.45, 2.75) is 26.7 Å². The molecule has 5 rings (SSSR count). The van der Waals surface area contributed by atoms with Crippen LogP contribution in [0.3, 0.4) is 0 Å². The van der Waals surface area contributed by atoms with Gasteiger partial charge in [0, 0.05) is 13.1 Å². The number of nitrogens with zero attached hydrogens (tertiary/aromatic N) is 5. The zero-order valence-corrected chi connectivity index (χ0v) is 20.6. The number of ether oxygens (including phenoxy) is 1. The van der Waals surface area contributed by atoms with E-state index in [2.05, 4.69) is 20.4 Å². The largest absolute Gasteiger partial charge is 0.465 e. The summed E-state index contributed by atoms with van der Waals surface area (Å²) in [7, 11) is 1.32. The molecule has 1 N–H and O–H groups in total. The summed E-state index contributed by atoms with van der Waals surface area (Å²) in [6.45, 7) is 5.21. The monoisotopic (exact) mass is 484 g/mol. The maximum Gasteiger partial charge on any atom is 0.339 e. The van der Waals surface area contributed by atoms with Gasteiger partial charge in [-0.25, -0.2) is 9.48 Å². The van der Waals surface area contributed by atoms with Crippen LogP contribution in [-0.4, -0.2) is 52.1 Å². The van der Waals surface area contributed by atoms with E-state index in [1.807, 2.05) is 48.9 Å². The lowest BCUT2D eigenvalue weighted by atomic mass is 9.96. The first-order valence-electron chi connectivity index (χ1n) is 12.0. The van der Waals surface area contributed by atoms with Gasteiger partial charge in [0.1, 0.15) is 5.52 Å². The van der Waals surface area contributed by atoms with Crippen molar-refractivity contribution in [3.8, 4) is 5.69 Å². The second kappa shape index (κ2) is 9.77. The zero-order valence-electron chi connectivity index (χ0n) is 20.6. The number of carbonyl (C=O) groups excluding carboxylic acids is 2. The minimum atomic E-state index is -0.488. The summed E-state index contributed by atoms with van der Waals surface area (Å²) >= 11 is 0. The molecule has 0 saturated carbocycles. The predicted molar refractivity (Wildman–Crippen MR) is 137 cm³/mol. The molecule has 9 nitrogen and oxygen atoms in total. The Balaban J connectivity index is 1.43. The number of rotatable bonds is 5. The molecule has 0 spiro atoms. The smallest absolute Gasteiger partial charge is 0.339 e. The summed E-state index contributed by atoms with van der Waals surface area (Å²) in [6, 6.07) is 16.8. The Bertz CT molecular complexity index is 1430. The second-order valence-electron chi connectivity index (χ2n) is 8.98. The number of anilines is 2. The maximum absolute atomic E-state index is 13.2. The van der Waals surface area contributed by atoms with Crippen molar-refractivity contribution in [2.75, 3.05) is 30.4 Å². The average molecular weight is 485 g/mol. The van der Waals surface area contributed by atoms with Gasteiger partial charge in [-0.15, -0.1) is 5.10 Å². The van der Waals surface area contributed by atoms with Gasteiger partial charge in [0.2, 0.25) is 5.91 Å². The first-order valence-corrected chi connectivity index (χ1v) is 12.0. The number of methoxy groups -OCH3 is 1. The zero-order chi connectivity index (χ0) is 25.2. The molecule has 0 bridgehead atoms. The molecule has 0 radical (unpaired) electrons. The Morgan fingerprint density at radius 1 is 1.03 bits per heavy atom. The fourth-order valence-corrected chi connectivity index (χ4v) is 4.84. The summed E-state index contributed by atoms with van der Waals surface area (Å²) in [5.41, 5.74) is 4.34. The summed E-state index contributed by atoms with van der Waals surface area (Å²) in [6.07, 6.45) is 1.56. The van der Waals surface area contributed by atoms with E-state index >= 15 is 0 Å². The van der Waals surface area contributed by atoms with Gasteiger partial charge in [-0.1, -0.05) is 30.3 Å². The Morgan fingerprint density at radius 3 is 2.56 bits per heavy atom. The molecule has 1 aliphatic heterocycles. The number of aryl methyl sites for hydroxylation is 2. The van der Waals surface area contributed by atoms with E-state index in [0.29, 0.717) is 23.6 Å². The Kier molecular flexibility index (Phi) is 6.37. The van der Waals surface area contributed by atoms with Crippen LogP contribution in [0.4, 0.5) is 11.5 Å². The van der Waals surface area contributed by atoms with E-state index in [0.717, 1.165) is 47.4 Å². The van der Waals surface area contributed by atoms with E-state index < -0.39 is 5.97 Å². The summed E-state index contributed by atoms with van der Waals surface area (Å²) in [5, 5.41) is 17.8. The predicted octanol–water partition coefficient (Wildman–Crippen LogP) is 4.07. The minimum absolute atomic E-state index is 0.140. The standard InChI is InChI=1S/C27H28N6O3/c1-17-23-18(2)33(20-11-5-4-6-12-20)31-24(23)25(30-29-17)32-15-9-10-19(16-32)26(34)28-22-14-8-7-13-21(22)27(35)36-3/h4-8,11-14,19H,9-10,15-16H2,1-3H3,(H,28,34)/t19-/m0/s1. The molecule has 0 unspecified atom stereocenters. The third-order valence-electron chi connectivity index (χ3n) is 6.67. The summed E-state index contributed by atoms with van der Waals surface area (Å²) in [5.74, 6) is -0.225. The highest BCUT2D eigenvalue weighted by Crippen LogP contribution is 2.32. The van der Waals surface area contributed by atoms with E-state index in [9.17, 15) is 9.59 Å². The highest BCUT2D eigenvalue weighted by molar-refractivity contribution is 6.02. The topological polar surface area (TPSA) is 102 Å². The second-order valence-corrected chi connectivity index (χ2v) is 8.98. The molecule has 4 aromatic rings. The van der Waals surface area contributed by atoms with Crippen molar-refractivity contribution in [3.63, 3.8) is 0 Å². The Labute approximate surface area is 209 Å². The number of fused-ring (bicyclic) bond motifs is 1. The molecule has 9 heteroatoms. The highest BCUT2D eigenvalue weighted by Gasteiger charge is 2.30. The molecule has 1 saturated heterocycles. The summed E-state index contributed by atoms with van der Waals surface area (Å²) < 4.78 is 6.77. The van der Waals surface area contributed by atoms with Crippen LogP contribution < -0.4 is 10.2 Å². The Morgan fingerprint density at radius 2 is 1.78 bits per heavy atom. The lowest BCUT2D eigenvalue weighted by Gasteiger charge is -2.32. The number of hydrogen-bond acceptors (Lipinski definition) is 7. The lowest BCUT2D eigenvalue weighted by molar-refractivity contribution is -0.120. The first-order chi connectivity index (χ1) is 17.5. The van der Waals surface area contributed by atoms with Crippen molar-refractivity contribution in [3.05, 3.63) is 71.5 Å². The molecule has 1 fully saturated rings.